The summed E-state index contributed by atoms with van der Waals surface area (Å²) in [5.74, 6) is 0.465. The van der Waals surface area contributed by atoms with E-state index in [-0.39, 0.29) is 12.5 Å². The molecule has 2 N–H and O–H groups in total. The van der Waals surface area contributed by atoms with Crippen molar-refractivity contribution in [3.63, 3.8) is 0 Å². The lowest BCUT2D eigenvalue weighted by molar-refractivity contribution is -0.123. The maximum Gasteiger partial charge on any atom is 0.230 e. The van der Waals surface area contributed by atoms with Gasteiger partial charge in [0.2, 0.25) is 5.91 Å². The molecule has 0 spiro atoms. The number of hydrogen-bond acceptors (Lipinski definition) is 3. The lowest BCUT2D eigenvalue weighted by atomic mass is 9.96. The van der Waals surface area contributed by atoms with Gasteiger partial charge in [0.1, 0.15) is 5.82 Å². The molecule has 0 aliphatic carbocycles. The number of hydrogen-bond donors (Lipinski definition) is 2. The van der Waals surface area contributed by atoms with Gasteiger partial charge in [0, 0.05) is 18.2 Å². The summed E-state index contributed by atoms with van der Waals surface area (Å²) in [4.78, 5) is 15.8. The predicted molar refractivity (Wildman–Crippen MR) is 63.1 cm³/mol. The summed E-state index contributed by atoms with van der Waals surface area (Å²) in [6, 6.07) is 3.60. The average molecular weight is 222 g/mol. The van der Waals surface area contributed by atoms with E-state index in [4.69, 9.17) is 5.11 Å². The molecule has 88 valence electrons. The number of aliphatic hydroxyl groups excluding tert-OH is 1. The molecular weight excluding hydrogens is 204 g/mol. The molecule has 0 unspecified atom stereocenters. The van der Waals surface area contributed by atoms with Crippen LogP contribution >= 0.6 is 0 Å². The molecule has 0 radical (unpaired) electrons. The second kappa shape index (κ2) is 5.07. The lowest BCUT2D eigenvalue weighted by Crippen LogP contribution is -2.28. The van der Waals surface area contributed by atoms with Crippen molar-refractivity contribution in [3.8, 4) is 0 Å². The summed E-state index contributed by atoms with van der Waals surface area (Å²) < 4.78 is 0. The Bertz CT molecular complexity index is 370. The van der Waals surface area contributed by atoms with Crippen LogP contribution in [0.4, 0.5) is 5.82 Å². The van der Waals surface area contributed by atoms with Crippen LogP contribution in [0.25, 0.3) is 0 Å². The maximum absolute atomic E-state index is 11.7. The van der Waals surface area contributed by atoms with Gasteiger partial charge in [0.25, 0.3) is 0 Å². The summed E-state index contributed by atoms with van der Waals surface area (Å²) in [6.45, 7) is 5.64. The first-order valence-corrected chi connectivity index (χ1v) is 5.31. The Balaban J connectivity index is 2.74. The van der Waals surface area contributed by atoms with Gasteiger partial charge < -0.3 is 10.4 Å². The standard InChI is InChI=1S/C12H18N2O2/c1-12(2,3)11(16)14-10-8-9(5-7-15)4-6-13-10/h4,6,8,15H,5,7H2,1-3H3,(H,13,14,16). The van der Waals surface area contributed by atoms with E-state index in [2.05, 4.69) is 10.3 Å². The highest BCUT2D eigenvalue weighted by Crippen LogP contribution is 2.16. The van der Waals surface area contributed by atoms with E-state index in [1.807, 2.05) is 26.8 Å². The second-order valence-electron chi connectivity index (χ2n) is 4.73. The fourth-order valence-electron chi connectivity index (χ4n) is 1.13. The van der Waals surface area contributed by atoms with Gasteiger partial charge in [-0.2, -0.15) is 0 Å². The van der Waals surface area contributed by atoms with Gasteiger partial charge in [0.05, 0.1) is 0 Å². The number of amides is 1. The Hall–Kier alpha value is -1.42. The lowest BCUT2D eigenvalue weighted by Gasteiger charge is -2.17. The first kappa shape index (κ1) is 12.6. The van der Waals surface area contributed by atoms with Crippen LogP contribution in [0.3, 0.4) is 0 Å². The molecule has 0 aromatic carbocycles. The van der Waals surface area contributed by atoms with E-state index in [9.17, 15) is 4.79 Å². The minimum absolute atomic E-state index is 0.0684. The molecule has 1 aromatic heterocycles. The molecule has 1 aromatic rings. The van der Waals surface area contributed by atoms with E-state index >= 15 is 0 Å². The normalized spacial score (nSPS) is 11.2. The predicted octanol–water partition coefficient (Wildman–Crippen LogP) is 1.60. The Morgan fingerprint density at radius 3 is 2.75 bits per heavy atom. The highest BCUT2D eigenvalue weighted by atomic mass is 16.2. The maximum atomic E-state index is 11.7. The molecule has 0 saturated heterocycles. The molecule has 0 bridgehead atoms. The van der Waals surface area contributed by atoms with Crippen molar-refractivity contribution in [2.75, 3.05) is 11.9 Å². The summed E-state index contributed by atoms with van der Waals surface area (Å²) >= 11 is 0. The van der Waals surface area contributed by atoms with Crippen molar-refractivity contribution in [1.82, 2.24) is 4.98 Å². The fourth-order valence-corrected chi connectivity index (χ4v) is 1.13. The minimum Gasteiger partial charge on any atom is -0.396 e. The van der Waals surface area contributed by atoms with Crippen molar-refractivity contribution in [3.05, 3.63) is 23.9 Å². The van der Waals surface area contributed by atoms with Crippen LogP contribution in [0.1, 0.15) is 26.3 Å². The Morgan fingerprint density at radius 1 is 1.50 bits per heavy atom. The quantitative estimate of drug-likeness (QED) is 0.816. The van der Waals surface area contributed by atoms with Crippen molar-refractivity contribution in [2.24, 2.45) is 5.41 Å². The first-order chi connectivity index (χ1) is 7.43. The van der Waals surface area contributed by atoms with E-state index in [1.165, 1.54) is 0 Å². The Labute approximate surface area is 95.7 Å². The van der Waals surface area contributed by atoms with Crippen LogP contribution in [0.5, 0.6) is 0 Å². The van der Waals surface area contributed by atoms with Gasteiger partial charge in [-0.15, -0.1) is 0 Å². The van der Waals surface area contributed by atoms with Crippen LogP contribution in [0, 0.1) is 5.41 Å². The number of rotatable bonds is 3. The zero-order valence-corrected chi connectivity index (χ0v) is 9.95. The molecule has 16 heavy (non-hydrogen) atoms. The molecule has 4 nitrogen and oxygen atoms in total. The molecule has 1 rings (SSSR count). The van der Waals surface area contributed by atoms with Gasteiger partial charge in [-0.05, 0) is 24.1 Å². The smallest absolute Gasteiger partial charge is 0.230 e. The molecule has 0 saturated carbocycles. The first-order valence-electron chi connectivity index (χ1n) is 5.31. The largest absolute Gasteiger partial charge is 0.396 e. The number of nitrogens with one attached hydrogen (secondary N) is 1. The SMILES string of the molecule is CC(C)(C)C(=O)Nc1cc(CCO)ccn1. The zero-order chi connectivity index (χ0) is 12.2. The number of anilines is 1. The van der Waals surface area contributed by atoms with Gasteiger partial charge >= 0.3 is 0 Å². The van der Waals surface area contributed by atoms with E-state index in [0.29, 0.717) is 12.2 Å². The summed E-state index contributed by atoms with van der Waals surface area (Å²) in [6.07, 6.45) is 2.20. The van der Waals surface area contributed by atoms with Crippen molar-refractivity contribution >= 4 is 11.7 Å². The third-order valence-electron chi connectivity index (χ3n) is 2.15. The Morgan fingerprint density at radius 2 is 2.19 bits per heavy atom. The highest BCUT2D eigenvalue weighted by Gasteiger charge is 2.21. The molecule has 0 aliphatic rings. The van der Waals surface area contributed by atoms with Gasteiger partial charge in [-0.1, -0.05) is 20.8 Å². The summed E-state index contributed by atoms with van der Waals surface area (Å²) in [7, 11) is 0. The van der Waals surface area contributed by atoms with Crippen LogP contribution in [0.15, 0.2) is 18.3 Å². The molecule has 0 fully saturated rings. The third kappa shape index (κ3) is 3.62. The molecular formula is C12H18N2O2. The number of aliphatic hydroxyl groups is 1. The van der Waals surface area contributed by atoms with Crippen LogP contribution in [0.2, 0.25) is 0 Å². The van der Waals surface area contributed by atoms with Crippen molar-refractivity contribution < 1.29 is 9.90 Å². The number of pyridine rings is 1. The minimum atomic E-state index is -0.436. The van der Waals surface area contributed by atoms with Gasteiger partial charge in [0.15, 0.2) is 0 Å². The zero-order valence-electron chi connectivity index (χ0n) is 9.95. The molecule has 1 heterocycles. The van der Waals surface area contributed by atoms with Crippen LogP contribution < -0.4 is 5.32 Å². The topological polar surface area (TPSA) is 62.2 Å². The Kier molecular flexibility index (Phi) is 4.01. The second-order valence-corrected chi connectivity index (χ2v) is 4.73. The van der Waals surface area contributed by atoms with E-state index in [1.54, 1.807) is 12.3 Å². The van der Waals surface area contributed by atoms with Gasteiger partial charge in [-0.25, -0.2) is 4.98 Å². The molecule has 1 amide bonds. The summed E-state index contributed by atoms with van der Waals surface area (Å²) in [5, 5.41) is 11.6. The van der Waals surface area contributed by atoms with Crippen LogP contribution in [-0.4, -0.2) is 22.6 Å². The number of carbonyl (C=O) groups is 1. The van der Waals surface area contributed by atoms with Crippen molar-refractivity contribution in [1.29, 1.82) is 0 Å². The van der Waals surface area contributed by atoms with E-state index < -0.39 is 5.41 Å². The van der Waals surface area contributed by atoms with E-state index in [0.717, 1.165) is 5.56 Å². The van der Waals surface area contributed by atoms with Gasteiger partial charge in [-0.3, -0.25) is 4.79 Å². The molecule has 4 heteroatoms. The number of nitrogens with zero attached hydrogens (tertiary/aromatic N) is 1. The summed E-state index contributed by atoms with van der Waals surface area (Å²) in [5.41, 5.74) is 0.524. The average Bonchev–Trinajstić information content (AvgIpc) is 2.17. The molecule has 0 atom stereocenters. The van der Waals surface area contributed by atoms with Crippen molar-refractivity contribution in [2.45, 2.75) is 27.2 Å². The third-order valence-corrected chi connectivity index (χ3v) is 2.15. The highest BCUT2D eigenvalue weighted by molar-refractivity contribution is 5.93. The number of carbonyl (C=O) groups excluding carboxylic acids is 1. The fraction of sp³-hybridized carbons (Fsp3) is 0.500. The van der Waals surface area contributed by atoms with Crippen LogP contribution in [-0.2, 0) is 11.2 Å². The number of aromatic nitrogens is 1. The monoisotopic (exact) mass is 222 g/mol. The molecule has 0 aliphatic heterocycles.